The minimum Gasteiger partial charge on any atom is -0.378 e. The molecule has 2 rings (SSSR count). The maximum atomic E-state index is 11.9. The van der Waals surface area contributed by atoms with Crippen LogP contribution in [0.5, 0.6) is 0 Å². The number of hydrogen-bond donors (Lipinski definition) is 2. The molecule has 2 unspecified atom stereocenters. The van der Waals surface area contributed by atoms with E-state index in [1.807, 2.05) is 37.3 Å². The molecule has 98 valence electrons. The topological polar surface area (TPSA) is 64.3 Å². The van der Waals surface area contributed by atoms with Crippen LogP contribution in [0.25, 0.3) is 0 Å². The van der Waals surface area contributed by atoms with E-state index in [1.54, 1.807) is 0 Å². The first kappa shape index (κ1) is 13.1. The van der Waals surface area contributed by atoms with Crippen molar-refractivity contribution in [3.05, 3.63) is 35.9 Å². The molecule has 1 aromatic rings. The van der Waals surface area contributed by atoms with E-state index in [9.17, 15) is 4.79 Å². The molecule has 1 heterocycles. The van der Waals surface area contributed by atoms with Crippen molar-refractivity contribution in [1.82, 2.24) is 5.32 Å². The van der Waals surface area contributed by atoms with Gasteiger partial charge in [0, 0.05) is 19.1 Å². The molecule has 3 N–H and O–H groups in total. The molecule has 0 radical (unpaired) electrons. The molecule has 0 aliphatic carbocycles. The largest absolute Gasteiger partial charge is 0.378 e. The Morgan fingerprint density at radius 3 is 2.83 bits per heavy atom. The van der Waals surface area contributed by atoms with E-state index in [-0.39, 0.29) is 12.0 Å². The summed E-state index contributed by atoms with van der Waals surface area (Å²) < 4.78 is 5.46. The number of nitrogens with one attached hydrogen (secondary N) is 1. The highest BCUT2D eigenvalue weighted by Gasteiger charge is 2.25. The molecular weight excluding hydrogens is 228 g/mol. The van der Waals surface area contributed by atoms with Crippen LogP contribution in [0.1, 0.15) is 24.9 Å². The Morgan fingerprint density at radius 1 is 1.50 bits per heavy atom. The SMILES string of the molecule is CC1OCCC1CNC(=O)[C@H](N)c1ccccc1. The van der Waals surface area contributed by atoms with Gasteiger partial charge in [-0.25, -0.2) is 0 Å². The Kier molecular flexibility index (Phi) is 4.33. The molecule has 4 nitrogen and oxygen atoms in total. The molecule has 1 amide bonds. The number of ether oxygens (including phenoxy) is 1. The lowest BCUT2D eigenvalue weighted by Gasteiger charge is -2.17. The Balaban J connectivity index is 1.84. The number of amides is 1. The van der Waals surface area contributed by atoms with Crippen molar-refractivity contribution >= 4 is 5.91 Å². The van der Waals surface area contributed by atoms with Gasteiger partial charge in [-0.3, -0.25) is 4.79 Å². The number of carbonyl (C=O) groups excluding carboxylic acids is 1. The Bertz CT molecular complexity index is 394. The van der Waals surface area contributed by atoms with Crippen LogP contribution in [0, 0.1) is 5.92 Å². The molecule has 1 saturated heterocycles. The Hall–Kier alpha value is -1.39. The zero-order valence-corrected chi connectivity index (χ0v) is 10.6. The molecule has 1 aliphatic heterocycles. The predicted molar refractivity (Wildman–Crippen MR) is 69.9 cm³/mol. The van der Waals surface area contributed by atoms with Gasteiger partial charge in [0.05, 0.1) is 6.10 Å². The Labute approximate surface area is 108 Å². The molecule has 1 aliphatic rings. The number of rotatable bonds is 4. The minimum atomic E-state index is -0.594. The fourth-order valence-electron chi connectivity index (χ4n) is 2.20. The van der Waals surface area contributed by atoms with Crippen molar-refractivity contribution in [2.45, 2.75) is 25.5 Å². The lowest BCUT2D eigenvalue weighted by atomic mass is 10.0. The summed E-state index contributed by atoms with van der Waals surface area (Å²) in [5, 5.41) is 2.91. The number of hydrogen-bond acceptors (Lipinski definition) is 3. The van der Waals surface area contributed by atoms with Crippen molar-refractivity contribution in [3.8, 4) is 0 Å². The second-order valence-corrected chi connectivity index (χ2v) is 4.76. The fourth-order valence-corrected chi connectivity index (χ4v) is 2.20. The van der Waals surface area contributed by atoms with Gasteiger partial charge in [-0.05, 0) is 18.9 Å². The van der Waals surface area contributed by atoms with Crippen LogP contribution >= 0.6 is 0 Å². The smallest absolute Gasteiger partial charge is 0.241 e. The van der Waals surface area contributed by atoms with Crippen LogP contribution in [0.2, 0.25) is 0 Å². The maximum Gasteiger partial charge on any atom is 0.241 e. The van der Waals surface area contributed by atoms with Gasteiger partial charge in [0.25, 0.3) is 0 Å². The van der Waals surface area contributed by atoms with Crippen molar-refractivity contribution in [2.24, 2.45) is 11.7 Å². The van der Waals surface area contributed by atoms with Crippen LogP contribution in [0.4, 0.5) is 0 Å². The summed E-state index contributed by atoms with van der Waals surface area (Å²) >= 11 is 0. The molecule has 18 heavy (non-hydrogen) atoms. The molecule has 1 aromatic carbocycles. The summed E-state index contributed by atoms with van der Waals surface area (Å²) in [6.07, 6.45) is 1.22. The van der Waals surface area contributed by atoms with E-state index < -0.39 is 6.04 Å². The van der Waals surface area contributed by atoms with Crippen LogP contribution in [-0.4, -0.2) is 25.2 Å². The summed E-state index contributed by atoms with van der Waals surface area (Å²) in [6, 6.07) is 8.82. The van der Waals surface area contributed by atoms with Gasteiger partial charge in [-0.2, -0.15) is 0 Å². The number of nitrogens with two attached hydrogens (primary N) is 1. The maximum absolute atomic E-state index is 11.9. The van der Waals surface area contributed by atoms with Crippen molar-refractivity contribution in [2.75, 3.05) is 13.2 Å². The van der Waals surface area contributed by atoms with Gasteiger partial charge in [-0.1, -0.05) is 30.3 Å². The van der Waals surface area contributed by atoms with Gasteiger partial charge in [0.15, 0.2) is 0 Å². The second kappa shape index (κ2) is 5.98. The first-order valence-electron chi connectivity index (χ1n) is 6.38. The van der Waals surface area contributed by atoms with Crippen molar-refractivity contribution in [1.29, 1.82) is 0 Å². The first-order valence-corrected chi connectivity index (χ1v) is 6.38. The van der Waals surface area contributed by atoms with E-state index in [0.717, 1.165) is 18.6 Å². The third-order valence-electron chi connectivity index (χ3n) is 3.51. The third kappa shape index (κ3) is 3.09. The van der Waals surface area contributed by atoms with E-state index in [2.05, 4.69) is 5.32 Å². The molecule has 0 bridgehead atoms. The average molecular weight is 248 g/mol. The van der Waals surface area contributed by atoms with Crippen molar-refractivity contribution in [3.63, 3.8) is 0 Å². The molecule has 1 fully saturated rings. The highest BCUT2D eigenvalue weighted by Crippen LogP contribution is 2.19. The van der Waals surface area contributed by atoms with Crippen LogP contribution in [-0.2, 0) is 9.53 Å². The lowest BCUT2D eigenvalue weighted by molar-refractivity contribution is -0.122. The Morgan fingerprint density at radius 2 is 2.22 bits per heavy atom. The summed E-state index contributed by atoms with van der Waals surface area (Å²) in [4.78, 5) is 11.9. The van der Waals surface area contributed by atoms with Gasteiger partial charge in [0.2, 0.25) is 5.91 Å². The molecule has 4 heteroatoms. The zero-order chi connectivity index (χ0) is 13.0. The normalized spacial score (nSPS) is 24.8. The highest BCUT2D eigenvalue weighted by molar-refractivity contribution is 5.82. The van der Waals surface area contributed by atoms with Crippen LogP contribution in [0.3, 0.4) is 0 Å². The molecule has 0 saturated carbocycles. The fraction of sp³-hybridized carbons (Fsp3) is 0.500. The number of benzene rings is 1. The van der Waals surface area contributed by atoms with Gasteiger partial charge < -0.3 is 15.8 Å². The van der Waals surface area contributed by atoms with E-state index >= 15 is 0 Å². The first-order chi connectivity index (χ1) is 8.68. The quantitative estimate of drug-likeness (QED) is 0.842. The van der Waals surface area contributed by atoms with E-state index in [4.69, 9.17) is 10.5 Å². The standard InChI is InChI=1S/C14H20N2O2/c1-10-12(7-8-18-10)9-16-14(17)13(15)11-5-3-2-4-6-11/h2-6,10,12-13H,7-9,15H2,1H3,(H,16,17)/t10?,12?,13-/m1/s1. The molecule has 0 spiro atoms. The molecule has 3 atom stereocenters. The minimum absolute atomic E-state index is 0.125. The summed E-state index contributed by atoms with van der Waals surface area (Å²) in [5.74, 6) is 0.275. The van der Waals surface area contributed by atoms with Gasteiger partial charge >= 0.3 is 0 Å². The zero-order valence-electron chi connectivity index (χ0n) is 10.6. The van der Waals surface area contributed by atoms with Crippen LogP contribution in [0.15, 0.2) is 30.3 Å². The van der Waals surface area contributed by atoms with E-state index in [0.29, 0.717) is 12.5 Å². The summed E-state index contributed by atoms with van der Waals surface area (Å²) in [7, 11) is 0. The average Bonchev–Trinajstić information content (AvgIpc) is 2.81. The molecular formula is C14H20N2O2. The lowest BCUT2D eigenvalue weighted by Crippen LogP contribution is -2.38. The van der Waals surface area contributed by atoms with Gasteiger partial charge in [0.1, 0.15) is 6.04 Å². The van der Waals surface area contributed by atoms with Crippen molar-refractivity contribution < 1.29 is 9.53 Å². The van der Waals surface area contributed by atoms with E-state index in [1.165, 1.54) is 0 Å². The van der Waals surface area contributed by atoms with Crippen LogP contribution < -0.4 is 11.1 Å². The number of carbonyl (C=O) groups is 1. The summed E-state index contributed by atoms with van der Waals surface area (Å²) in [6.45, 7) is 3.47. The van der Waals surface area contributed by atoms with Gasteiger partial charge in [-0.15, -0.1) is 0 Å². The summed E-state index contributed by atoms with van der Waals surface area (Å²) in [5.41, 5.74) is 6.75. The predicted octanol–water partition coefficient (Wildman–Crippen LogP) is 1.23. The second-order valence-electron chi connectivity index (χ2n) is 4.76. The third-order valence-corrected chi connectivity index (χ3v) is 3.51. The highest BCUT2D eigenvalue weighted by atomic mass is 16.5. The molecule has 0 aromatic heterocycles. The monoisotopic (exact) mass is 248 g/mol.